The Hall–Kier alpha value is -2.35. The van der Waals surface area contributed by atoms with Gasteiger partial charge in [0.15, 0.2) is 5.96 Å². The average Bonchev–Trinajstić information content (AvgIpc) is 3.02. The Balaban J connectivity index is 0.00000261. The zero-order valence-electron chi connectivity index (χ0n) is 15.9. The first-order chi connectivity index (χ1) is 12.5. The van der Waals surface area contributed by atoms with Crippen molar-refractivity contribution in [2.24, 2.45) is 10.7 Å². The number of hydrogen-bond acceptors (Lipinski definition) is 2. The molecule has 1 heterocycles. The van der Waals surface area contributed by atoms with Gasteiger partial charge in [-0.15, -0.1) is 24.0 Å². The lowest BCUT2D eigenvalue weighted by atomic mass is 10.1. The van der Waals surface area contributed by atoms with E-state index in [0.29, 0.717) is 12.5 Å². The first-order valence-corrected chi connectivity index (χ1v) is 8.71. The number of guanidine groups is 1. The van der Waals surface area contributed by atoms with Crippen molar-refractivity contribution < 1.29 is 0 Å². The van der Waals surface area contributed by atoms with Crippen molar-refractivity contribution in [1.29, 1.82) is 0 Å². The molecule has 142 valence electrons. The number of halogens is 1. The van der Waals surface area contributed by atoms with Crippen LogP contribution in [0.5, 0.6) is 0 Å². The van der Waals surface area contributed by atoms with Crippen LogP contribution in [0.3, 0.4) is 0 Å². The van der Waals surface area contributed by atoms with E-state index in [1.165, 1.54) is 16.7 Å². The second-order valence-electron chi connectivity index (χ2n) is 6.55. The highest BCUT2D eigenvalue weighted by molar-refractivity contribution is 14.0. The number of rotatable bonds is 5. The molecule has 3 rings (SSSR count). The molecule has 0 aliphatic rings. The largest absolute Gasteiger partial charge is 0.370 e. The molecule has 1 aromatic heterocycles. The van der Waals surface area contributed by atoms with Gasteiger partial charge in [0.1, 0.15) is 5.82 Å². The molecule has 2 aromatic carbocycles. The zero-order valence-corrected chi connectivity index (χ0v) is 18.3. The number of hydrogen-bond donors (Lipinski definition) is 2. The number of aryl methyl sites for hydroxylation is 3. The summed E-state index contributed by atoms with van der Waals surface area (Å²) >= 11 is 0. The summed E-state index contributed by atoms with van der Waals surface area (Å²) in [7, 11) is 0. The Morgan fingerprint density at radius 3 is 2.56 bits per heavy atom. The number of aromatic nitrogens is 2. The van der Waals surface area contributed by atoms with Gasteiger partial charge in [-0.2, -0.15) is 0 Å². The van der Waals surface area contributed by atoms with E-state index in [1.807, 2.05) is 25.4 Å². The zero-order chi connectivity index (χ0) is 18.5. The normalized spacial score (nSPS) is 11.1. The summed E-state index contributed by atoms with van der Waals surface area (Å²) in [5, 5.41) is 3.15. The van der Waals surface area contributed by atoms with E-state index >= 15 is 0 Å². The molecule has 0 saturated carbocycles. The smallest absolute Gasteiger partial charge is 0.193 e. The molecular weight excluding hydrogens is 449 g/mol. The predicted molar refractivity (Wildman–Crippen MR) is 123 cm³/mol. The Morgan fingerprint density at radius 2 is 1.85 bits per heavy atom. The molecule has 0 amide bonds. The van der Waals surface area contributed by atoms with Gasteiger partial charge in [0.2, 0.25) is 0 Å². The molecule has 0 spiro atoms. The minimum Gasteiger partial charge on any atom is -0.370 e. The second kappa shape index (κ2) is 9.55. The van der Waals surface area contributed by atoms with Crippen LogP contribution in [0.15, 0.2) is 59.9 Å². The SMILES string of the molecule is Cc1ccc(NC(N)=NCc2cccc(Cn3ccnc3C)c2)cc1C.I. The van der Waals surface area contributed by atoms with E-state index in [0.717, 1.165) is 23.6 Å². The first kappa shape index (κ1) is 21.0. The number of benzene rings is 2. The molecule has 0 saturated heterocycles. The highest BCUT2D eigenvalue weighted by Gasteiger charge is 2.01. The van der Waals surface area contributed by atoms with Crippen molar-refractivity contribution in [1.82, 2.24) is 9.55 Å². The first-order valence-electron chi connectivity index (χ1n) is 8.71. The number of nitrogens with two attached hydrogens (primary N) is 1. The van der Waals surface area contributed by atoms with Crippen LogP contribution in [0.2, 0.25) is 0 Å². The van der Waals surface area contributed by atoms with E-state index in [-0.39, 0.29) is 24.0 Å². The fraction of sp³-hybridized carbons (Fsp3) is 0.238. The fourth-order valence-electron chi connectivity index (χ4n) is 2.78. The molecule has 0 unspecified atom stereocenters. The molecule has 0 radical (unpaired) electrons. The molecule has 0 atom stereocenters. The van der Waals surface area contributed by atoms with Gasteiger partial charge in [-0.3, -0.25) is 0 Å². The van der Waals surface area contributed by atoms with Gasteiger partial charge in [-0.25, -0.2) is 9.98 Å². The number of anilines is 1. The summed E-state index contributed by atoms with van der Waals surface area (Å²) in [5.74, 6) is 1.43. The van der Waals surface area contributed by atoms with Crippen LogP contribution >= 0.6 is 24.0 Å². The average molecular weight is 475 g/mol. The molecule has 0 aliphatic carbocycles. The van der Waals surface area contributed by atoms with Gasteiger partial charge in [0, 0.05) is 24.6 Å². The third kappa shape index (κ3) is 5.82. The number of imidazole rings is 1. The lowest BCUT2D eigenvalue weighted by molar-refractivity contribution is 0.760. The van der Waals surface area contributed by atoms with Crippen molar-refractivity contribution in [3.63, 3.8) is 0 Å². The van der Waals surface area contributed by atoms with Crippen LogP contribution in [0.25, 0.3) is 0 Å². The quantitative estimate of drug-likeness (QED) is 0.327. The second-order valence-corrected chi connectivity index (χ2v) is 6.55. The third-order valence-electron chi connectivity index (χ3n) is 4.48. The van der Waals surface area contributed by atoms with Crippen molar-refractivity contribution in [3.05, 3.63) is 82.9 Å². The van der Waals surface area contributed by atoms with Crippen molar-refractivity contribution in [2.75, 3.05) is 5.32 Å². The molecular formula is C21H26IN5. The summed E-state index contributed by atoms with van der Waals surface area (Å²) in [6, 6.07) is 14.6. The Kier molecular flexibility index (Phi) is 7.41. The summed E-state index contributed by atoms with van der Waals surface area (Å²) in [6.07, 6.45) is 3.81. The minimum absolute atomic E-state index is 0. The third-order valence-corrected chi connectivity index (χ3v) is 4.48. The van der Waals surface area contributed by atoms with Crippen molar-refractivity contribution in [2.45, 2.75) is 33.9 Å². The van der Waals surface area contributed by atoms with E-state index < -0.39 is 0 Å². The molecule has 3 aromatic rings. The number of nitrogens with zero attached hydrogens (tertiary/aromatic N) is 3. The molecule has 0 aliphatic heterocycles. The van der Waals surface area contributed by atoms with Gasteiger partial charge in [0.05, 0.1) is 6.54 Å². The number of aliphatic imine (C=N–C) groups is 1. The van der Waals surface area contributed by atoms with Gasteiger partial charge >= 0.3 is 0 Å². The highest BCUT2D eigenvalue weighted by Crippen LogP contribution is 2.14. The van der Waals surface area contributed by atoms with Gasteiger partial charge in [0.25, 0.3) is 0 Å². The Labute approximate surface area is 177 Å². The van der Waals surface area contributed by atoms with Gasteiger partial charge in [-0.1, -0.05) is 30.3 Å². The summed E-state index contributed by atoms with van der Waals surface area (Å²) in [5.41, 5.74) is 11.8. The number of nitrogens with one attached hydrogen (secondary N) is 1. The van der Waals surface area contributed by atoms with Gasteiger partial charge in [-0.05, 0) is 55.2 Å². The monoisotopic (exact) mass is 475 g/mol. The van der Waals surface area contributed by atoms with Crippen LogP contribution in [0.1, 0.15) is 28.1 Å². The molecule has 3 N–H and O–H groups in total. The maximum atomic E-state index is 6.04. The summed E-state index contributed by atoms with van der Waals surface area (Å²) < 4.78 is 2.12. The molecule has 5 nitrogen and oxygen atoms in total. The van der Waals surface area contributed by atoms with E-state index in [4.69, 9.17) is 5.73 Å². The van der Waals surface area contributed by atoms with Crippen LogP contribution in [0, 0.1) is 20.8 Å². The Morgan fingerprint density at radius 1 is 1.07 bits per heavy atom. The standard InChI is InChI=1S/C21H25N5.HI/c1-15-7-8-20(11-16(15)2)25-21(22)24-13-18-5-4-6-19(12-18)14-26-10-9-23-17(26)3;/h4-12H,13-14H2,1-3H3,(H3,22,24,25);1H. The highest BCUT2D eigenvalue weighted by atomic mass is 127. The van der Waals surface area contributed by atoms with E-state index in [1.54, 1.807) is 0 Å². The fourth-order valence-corrected chi connectivity index (χ4v) is 2.78. The summed E-state index contributed by atoms with van der Waals surface area (Å²) in [6.45, 7) is 7.53. The molecule has 6 heteroatoms. The summed E-state index contributed by atoms with van der Waals surface area (Å²) in [4.78, 5) is 8.72. The van der Waals surface area contributed by atoms with Crippen LogP contribution < -0.4 is 11.1 Å². The minimum atomic E-state index is 0. The lowest BCUT2D eigenvalue weighted by Crippen LogP contribution is -2.22. The molecule has 0 fully saturated rings. The predicted octanol–water partition coefficient (Wildman–Crippen LogP) is 4.40. The van der Waals surface area contributed by atoms with Gasteiger partial charge < -0.3 is 15.6 Å². The molecule has 0 bridgehead atoms. The topological polar surface area (TPSA) is 68.2 Å². The van der Waals surface area contributed by atoms with E-state index in [9.17, 15) is 0 Å². The van der Waals surface area contributed by atoms with E-state index in [2.05, 4.69) is 70.1 Å². The lowest BCUT2D eigenvalue weighted by Gasteiger charge is -2.09. The van der Waals surface area contributed by atoms with Crippen LogP contribution in [-0.4, -0.2) is 15.5 Å². The van der Waals surface area contributed by atoms with Crippen molar-refractivity contribution >= 4 is 35.6 Å². The van der Waals surface area contributed by atoms with Crippen molar-refractivity contribution in [3.8, 4) is 0 Å². The Bertz CT molecular complexity index is 930. The maximum Gasteiger partial charge on any atom is 0.193 e. The van der Waals surface area contributed by atoms with Crippen LogP contribution in [-0.2, 0) is 13.1 Å². The van der Waals surface area contributed by atoms with Crippen LogP contribution in [0.4, 0.5) is 5.69 Å². The maximum absolute atomic E-state index is 6.04. The molecule has 27 heavy (non-hydrogen) atoms.